The minimum Gasteiger partial charge on any atom is -0.483 e. The molecule has 6 nitrogen and oxygen atoms in total. The molecule has 1 heterocycles. The van der Waals surface area contributed by atoms with Crippen LogP contribution in [0.4, 0.5) is 5.69 Å². The van der Waals surface area contributed by atoms with Gasteiger partial charge < -0.3 is 14.4 Å². The first kappa shape index (κ1) is 22.0. The van der Waals surface area contributed by atoms with E-state index in [0.29, 0.717) is 30.2 Å². The highest BCUT2D eigenvalue weighted by atomic mass is 16.5. The summed E-state index contributed by atoms with van der Waals surface area (Å²) in [6, 6.07) is 16.4. The van der Waals surface area contributed by atoms with Crippen LogP contribution < -0.4 is 9.64 Å². The number of carbonyl (C=O) groups is 2. The summed E-state index contributed by atoms with van der Waals surface area (Å²) in [5.74, 6) is 0.0976. The predicted octanol–water partition coefficient (Wildman–Crippen LogP) is 4.49. The molecule has 6 heteroatoms. The van der Waals surface area contributed by atoms with Crippen molar-refractivity contribution in [3.63, 3.8) is 0 Å². The molecule has 0 unspecified atom stereocenters. The van der Waals surface area contributed by atoms with E-state index in [2.05, 4.69) is 4.98 Å². The Hall–Kier alpha value is -3.67. The van der Waals surface area contributed by atoms with Gasteiger partial charge in [-0.25, -0.2) is 4.79 Å². The number of benzene rings is 2. The van der Waals surface area contributed by atoms with Crippen molar-refractivity contribution in [3.8, 4) is 5.75 Å². The Morgan fingerprint density at radius 2 is 1.68 bits per heavy atom. The summed E-state index contributed by atoms with van der Waals surface area (Å²) >= 11 is 0. The third-order valence-electron chi connectivity index (χ3n) is 4.76. The van der Waals surface area contributed by atoms with Crippen LogP contribution in [0, 0.1) is 13.8 Å². The molecule has 0 saturated carbocycles. The van der Waals surface area contributed by atoms with E-state index in [1.54, 1.807) is 48.5 Å². The van der Waals surface area contributed by atoms with Crippen molar-refractivity contribution in [3.05, 3.63) is 89.2 Å². The summed E-state index contributed by atoms with van der Waals surface area (Å²) in [6.45, 7) is 6.29. The lowest BCUT2D eigenvalue weighted by atomic mass is 10.1. The Labute approximate surface area is 182 Å². The summed E-state index contributed by atoms with van der Waals surface area (Å²) in [6.07, 6.45) is 3.38. The smallest absolute Gasteiger partial charge is 0.338 e. The van der Waals surface area contributed by atoms with Gasteiger partial charge in [-0.2, -0.15) is 0 Å². The van der Waals surface area contributed by atoms with E-state index in [4.69, 9.17) is 9.47 Å². The minimum absolute atomic E-state index is 0.103. The summed E-state index contributed by atoms with van der Waals surface area (Å²) in [4.78, 5) is 30.7. The maximum atomic E-state index is 13.1. The van der Waals surface area contributed by atoms with Crippen molar-refractivity contribution in [2.75, 3.05) is 18.1 Å². The average molecular weight is 418 g/mol. The zero-order chi connectivity index (χ0) is 22.2. The normalized spacial score (nSPS) is 10.4. The lowest BCUT2D eigenvalue weighted by molar-refractivity contribution is -0.120. The van der Waals surface area contributed by atoms with Gasteiger partial charge in [0.05, 0.1) is 18.7 Å². The van der Waals surface area contributed by atoms with E-state index < -0.39 is 0 Å². The lowest BCUT2D eigenvalue weighted by Gasteiger charge is -2.23. The van der Waals surface area contributed by atoms with Gasteiger partial charge in [0, 0.05) is 18.1 Å². The Morgan fingerprint density at radius 1 is 0.968 bits per heavy atom. The van der Waals surface area contributed by atoms with Crippen LogP contribution in [0.15, 0.2) is 67.0 Å². The first-order chi connectivity index (χ1) is 15.0. The van der Waals surface area contributed by atoms with Gasteiger partial charge in [-0.3, -0.25) is 9.78 Å². The number of amides is 1. The molecule has 1 aromatic heterocycles. The third-order valence-corrected chi connectivity index (χ3v) is 4.76. The summed E-state index contributed by atoms with van der Waals surface area (Å²) in [5.41, 5.74) is 4.15. The Morgan fingerprint density at radius 3 is 2.32 bits per heavy atom. The van der Waals surface area contributed by atoms with E-state index in [9.17, 15) is 9.59 Å². The van der Waals surface area contributed by atoms with Gasteiger partial charge >= 0.3 is 5.97 Å². The molecule has 1 amide bonds. The van der Waals surface area contributed by atoms with Crippen LogP contribution in [0.25, 0.3) is 0 Å². The molecule has 31 heavy (non-hydrogen) atoms. The standard InChI is InChI=1S/C25H26N2O4/c1-4-30-25(29)21-6-8-22(9-7-21)27(16-20-11-13-26-14-12-20)24(28)17-31-23-10-5-18(2)15-19(23)3/h5-15H,4,16-17H2,1-3H3. The number of rotatable bonds is 8. The molecular weight excluding hydrogens is 392 g/mol. The Kier molecular flexibility index (Phi) is 7.38. The maximum absolute atomic E-state index is 13.1. The molecule has 0 N–H and O–H groups in total. The van der Waals surface area contributed by atoms with Crippen LogP contribution in [0.1, 0.15) is 34.0 Å². The van der Waals surface area contributed by atoms with Crippen molar-refractivity contribution in [2.45, 2.75) is 27.3 Å². The number of hydrogen-bond donors (Lipinski definition) is 0. The third kappa shape index (κ3) is 5.92. The second kappa shape index (κ2) is 10.4. The number of anilines is 1. The van der Waals surface area contributed by atoms with Gasteiger partial charge in [0.1, 0.15) is 5.75 Å². The van der Waals surface area contributed by atoms with Crippen LogP contribution in [0.2, 0.25) is 0 Å². The van der Waals surface area contributed by atoms with Crippen LogP contribution in [-0.4, -0.2) is 30.1 Å². The molecule has 0 aliphatic rings. The SMILES string of the molecule is CCOC(=O)c1ccc(N(Cc2ccncc2)C(=O)COc2ccc(C)cc2C)cc1. The van der Waals surface area contributed by atoms with Gasteiger partial charge in [0.15, 0.2) is 6.61 Å². The fourth-order valence-electron chi connectivity index (χ4n) is 3.16. The van der Waals surface area contributed by atoms with E-state index in [0.717, 1.165) is 16.7 Å². The van der Waals surface area contributed by atoms with E-state index in [-0.39, 0.29) is 18.5 Å². The number of ether oxygens (including phenoxy) is 2. The van der Waals surface area contributed by atoms with Gasteiger partial charge in [0.2, 0.25) is 0 Å². The zero-order valence-corrected chi connectivity index (χ0v) is 18.0. The molecule has 2 aromatic carbocycles. The molecule has 3 rings (SSSR count). The van der Waals surface area contributed by atoms with Gasteiger partial charge in [-0.15, -0.1) is 0 Å². The van der Waals surface area contributed by atoms with Gasteiger partial charge in [-0.1, -0.05) is 17.7 Å². The fraction of sp³-hybridized carbons (Fsp3) is 0.240. The first-order valence-electron chi connectivity index (χ1n) is 10.1. The highest BCUT2D eigenvalue weighted by Crippen LogP contribution is 2.21. The molecule has 0 aliphatic carbocycles. The molecule has 0 aliphatic heterocycles. The minimum atomic E-state index is -0.390. The largest absolute Gasteiger partial charge is 0.483 e. The van der Waals surface area contributed by atoms with Crippen molar-refractivity contribution < 1.29 is 19.1 Å². The summed E-state index contributed by atoms with van der Waals surface area (Å²) < 4.78 is 10.8. The topological polar surface area (TPSA) is 68.7 Å². The number of esters is 1. The van der Waals surface area contributed by atoms with Crippen LogP contribution in [-0.2, 0) is 16.1 Å². The monoisotopic (exact) mass is 418 g/mol. The number of aromatic nitrogens is 1. The quantitative estimate of drug-likeness (QED) is 0.504. The fourth-order valence-corrected chi connectivity index (χ4v) is 3.16. The molecule has 0 fully saturated rings. The van der Waals surface area contributed by atoms with Crippen LogP contribution in [0.3, 0.4) is 0 Å². The molecule has 0 radical (unpaired) electrons. The highest BCUT2D eigenvalue weighted by Gasteiger charge is 2.18. The van der Waals surface area contributed by atoms with Crippen LogP contribution >= 0.6 is 0 Å². The molecule has 160 valence electrons. The molecule has 0 atom stereocenters. The average Bonchev–Trinajstić information content (AvgIpc) is 2.78. The number of aryl methyl sites for hydroxylation is 2. The number of pyridine rings is 1. The number of hydrogen-bond acceptors (Lipinski definition) is 5. The van der Waals surface area contributed by atoms with Crippen molar-refractivity contribution in [2.24, 2.45) is 0 Å². The second-order valence-electron chi connectivity index (χ2n) is 7.16. The Balaban J connectivity index is 1.80. The second-order valence-corrected chi connectivity index (χ2v) is 7.16. The Bertz CT molecular complexity index is 1030. The molecule has 3 aromatic rings. The summed E-state index contributed by atoms with van der Waals surface area (Å²) in [5, 5.41) is 0. The van der Waals surface area contributed by atoms with Gasteiger partial charge in [-0.05, 0) is 74.4 Å². The van der Waals surface area contributed by atoms with Crippen LogP contribution in [0.5, 0.6) is 5.75 Å². The highest BCUT2D eigenvalue weighted by molar-refractivity contribution is 5.95. The number of nitrogens with zero attached hydrogens (tertiary/aromatic N) is 2. The van der Waals surface area contributed by atoms with Gasteiger partial charge in [0.25, 0.3) is 5.91 Å². The zero-order valence-electron chi connectivity index (χ0n) is 18.0. The van der Waals surface area contributed by atoms with Crippen molar-refractivity contribution in [1.29, 1.82) is 0 Å². The maximum Gasteiger partial charge on any atom is 0.338 e. The lowest BCUT2D eigenvalue weighted by Crippen LogP contribution is -2.34. The molecular formula is C25H26N2O4. The number of carbonyl (C=O) groups excluding carboxylic acids is 2. The molecule has 0 bridgehead atoms. The van der Waals surface area contributed by atoms with E-state index in [1.807, 2.05) is 44.2 Å². The van der Waals surface area contributed by atoms with E-state index >= 15 is 0 Å². The molecule has 0 saturated heterocycles. The predicted molar refractivity (Wildman–Crippen MR) is 119 cm³/mol. The summed E-state index contributed by atoms with van der Waals surface area (Å²) in [7, 11) is 0. The molecule has 0 spiro atoms. The first-order valence-corrected chi connectivity index (χ1v) is 10.1. The van der Waals surface area contributed by atoms with Crippen molar-refractivity contribution >= 4 is 17.6 Å². The van der Waals surface area contributed by atoms with E-state index in [1.165, 1.54) is 0 Å². The van der Waals surface area contributed by atoms with Crippen molar-refractivity contribution in [1.82, 2.24) is 4.98 Å².